The molecular weight excluding hydrogens is 138 g/mol. The predicted octanol–water partition coefficient (Wildman–Crippen LogP) is 1.18. The first-order valence-electron chi connectivity index (χ1n) is 3.99. The summed E-state index contributed by atoms with van der Waals surface area (Å²) < 4.78 is 1.93. The zero-order valence-corrected chi connectivity index (χ0v) is 7.20. The minimum atomic E-state index is 0.890. The SMILES string of the molecule is CCCN(C)Cn1cccn1. The Morgan fingerprint density at radius 2 is 2.36 bits per heavy atom. The van der Waals surface area contributed by atoms with Gasteiger partial charge in [-0.05, 0) is 26.1 Å². The van der Waals surface area contributed by atoms with Gasteiger partial charge in [-0.25, -0.2) is 0 Å². The first kappa shape index (κ1) is 8.27. The van der Waals surface area contributed by atoms with Gasteiger partial charge in [0.1, 0.15) is 0 Å². The summed E-state index contributed by atoms with van der Waals surface area (Å²) in [7, 11) is 2.10. The molecule has 0 radical (unpaired) electrons. The van der Waals surface area contributed by atoms with Gasteiger partial charge in [-0.3, -0.25) is 9.58 Å². The quantitative estimate of drug-likeness (QED) is 0.647. The number of hydrogen-bond donors (Lipinski definition) is 0. The van der Waals surface area contributed by atoms with E-state index in [0.717, 1.165) is 13.2 Å². The summed E-state index contributed by atoms with van der Waals surface area (Å²) in [5.74, 6) is 0. The molecule has 0 saturated heterocycles. The third-order valence-corrected chi connectivity index (χ3v) is 1.55. The van der Waals surface area contributed by atoms with E-state index in [0.29, 0.717) is 0 Å². The predicted molar refractivity (Wildman–Crippen MR) is 45.1 cm³/mol. The van der Waals surface area contributed by atoms with Crippen LogP contribution < -0.4 is 0 Å². The van der Waals surface area contributed by atoms with E-state index in [2.05, 4.69) is 24.0 Å². The summed E-state index contributed by atoms with van der Waals surface area (Å²) in [6.45, 7) is 4.19. The number of hydrogen-bond acceptors (Lipinski definition) is 2. The summed E-state index contributed by atoms with van der Waals surface area (Å²) in [5.41, 5.74) is 0. The highest BCUT2D eigenvalue weighted by molar-refractivity contribution is 4.77. The second kappa shape index (κ2) is 4.13. The van der Waals surface area contributed by atoms with Gasteiger partial charge in [-0.1, -0.05) is 6.92 Å². The molecule has 0 unspecified atom stereocenters. The Hall–Kier alpha value is -0.830. The first-order chi connectivity index (χ1) is 5.33. The van der Waals surface area contributed by atoms with E-state index < -0.39 is 0 Å². The van der Waals surface area contributed by atoms with Crippen LogP contribution in [0.5, 0.6) is 0 Å². The molecule has 1 heterocycles. The molecule has 0 aliphatic heterocycles. The van der Waals surface area contributed by atoms with Gasteiger partial charge in [0.05, 0.1) is 6.67 Å². The van der Waals surface area contributed by atoms with Crippen molar-refractivity contribution in [3.05, 3.63) is 18.5 Å². The molecule has 0 spiro atoms. The van der Waals surface area contributed by atoms with Crippen LogP contribution in [0.25, 0.3) is 0 Å². The van der Waals surface area contributed by atoms with E-state index in [1.165, 1.54) is 6.42 Å². The van der Waals surface area contributed by atoms with Crippen molar-refractivity contribution < 1.29 is 0 Å². The highest BCUT2D eigenvalue weighted by Crippen LogP contribution is 1.90. The second-order valence-corrected chi connectivity index (χ2v) is 2.77. The summed E-state index contributed by atoms with van der Waals surface area (Å²) in [5, 5.41) is 4.11. The number of rotatable bonds is 4. The maximum Gasteiger partial charge on any atom is 0.0926 e. The topological polar surface area (TPSA) is 21.1 Å². The lowest BCUT2D eigenvalue weighted by molar-refractivity contribution is 0.255. The smallest absolute Gasteiger partial charge is 0.0926 e. The minimum Gasteiger partial charge on any atom is -0.288 e. The molecule has 3 nitrogen and oxygen atoms in total. The maximum atomic E-state index is 4.11. The molecule has 0 aliphatic carbocycles. The van der Waals surface area contributed by atoms with Crippen LogP contribution in [0, 0.1) is 0 Å². The van der Waals surface area contributed by atoms with Crippen LogP contribution in [0.1, 0.15) is 13.3 Å². The molecule has 0 fully saturated rings. The zero-order valence-electron chi connectivity index (χ0n) is 7.20. The van der Waals surface area contributed by atoms with Gasteiger partial charge in [-0.15, -0.1) is 0 Å². The molecule has 0 atom stereocenters. The molecule has 1 aromatic rings. The van der Waals surface area contributed by atoms with Crippen molar-refractivity contribution >= 4 is 0 Å². The van der Waals surface area contributed by atoms with Gasteiger partial charge in [0.25, 0.3) is 0 Å². The maximum absolute atomic E-state index is 4.11. The first-order valence-corrected chi connectivity index (χ1v) is 3.99. The van der Waals surface area contributed by atoms with E-state index in [-0.39, 0.29) is 0 Å². The molecule has 0 N–H and O–H groups in total. The van der Waals surface area contributed by atoms with Crippen LogP contribution in [-0.2, 0) is 6.67 Å². The van der Waals surface area contributed by atoms with Crippen molar-refractivity contribution in [1.82, 2.24) is 14.7 Å². The van der Waals surface area contributed by atoms with E-state index in [1.807, 2.05) is 16.9 Å². The molecule has 3 heteroatoms. The minimum absolute atomic E-state index is 0.890. The molecule has 0 aromatic carbocycles. The van der Waals surface area contributed by atoms with Crippen molar-refractivity contribution in [1.29, 1.82) is 0 Å². The van der Waals surface area contributed by atoms with E-state index in [4.69, 9.17) is 0 Å². The van der Waals surface area contributed by atoms with Crippen LogP contribution in [0.4, 0.5) is 0 Å². The summed E-state index contributed by atoms with van der Waals surface area (Å²) in [6, 6.07) is 1.94. The standard InChI is InChI=1S/C8H15N3/c1-3-6-10(2)8-11-7-4-5-9-11/h4-5,7H,3,6,8H2,1-2H3. The molecule has 62 valence electrons. The number of nitrogens with zero attached hydrogens (tertiary/aromatic N) is 3. The Balaban J connectivity index is 2.31. The van der Waals surface area contributed by atoms with Crippen LogP contribution in [0.2, 0.25) is 0 Å². The normalized spacial score (nSPS) is 10.8. The Morgan fingerprint density at radius 3 is 2.91 bits per heavy atom. The van der Waals surface area contributed by atoms with Crippen molar-refractivity contribution in [2.45, 2.75) is 20.0 Å². The van der Waals surface area contributed by atoms with Crippen LogP contribution in [0.15, 0.2) is 18.5 Å². The monoisotopic (exact) mass is 153 g/mol. The van der Waals surface area contributed by atoms with Crippen molar-refractivity contribution in [3.63, 3.8) is 0 Å². The van der Waals surface area contributed by atoms with Crippen LogP contribution >= 0.6 is 0 Å². The summed E-state index contributed by atoms with van der Waals surface area (Å²) in [4.78, 5) is 2.24. The van der Waals surface area contributed by atoms with E-state index in [9.17, 15) is 0 Å². The molecule has 1 rings (SSSR count). The fourth-order valence-corrected chi connectivity index (χ4v) is 1.08. The van der Waals surface area contributed by atoms with Gasteiger partial charge in [0.2, 0.25) is 0 Å². The lowest BCUT2D eigenvalue weighted by Gasteiger charge is -2.14. The molecular formula is C8H15N3. The van der Waals surface area contributed by atoms with Crippen molar-refractivity contribution in [2.24, 2.45) is 0 Å². The van der Waals surface area contributed by atoms with Crippen LogP contribution in [0.3, 0.4) is 0 Å². The fraction of sp³-hybridized carbons (Fsp3) is 0.625. The second-order valence-electron chi connectivity index (χ2n) is 2.77. The Bertz CT molecular complexity index is 181. The lowest BCUT2D eigenvalue weighted by Crippen LogP contribution is -2.22. The van der Waals surface area contributed by atoms with Gasteiger partial charge in [0.15, 0.2) is 0 Å². The molecule has 1 aromatic heterocycles. The summed E-state index contributed by atoms with van der Waals surface area (Å²) in [6.07, 6.45) is 4.98. The van der Waals surface area contributed by atoms with Crippen molar-refractivity contribution in [2.75, 3.05) is 13.6 Å². The zero-order chi connectivity index (χ0) is 8.10. The molecule has 11 heavy (non-hydrogen) atoms. The average molecular weight is 153 g/mol. The number of aromatic nitrogens is 2. The molecule has 0 amide bonds. The Kier molecular flexibility index (Phi) is 3.11. The van der Waals surface area contributed by atoms with Crippen molar-refractivity contribution in [3.8, 4) is 0 Å². The largest absolute Gasteiger partial charge is 0.288 e. The van der Waals surface area contributed by atoms with Gasteiger partial charge >= 0.3 is 0 Å². The van der Waals surface area contributed by atoms with E-state index in [1.54, 1.807) is 6.20 Å². The fourth-order valence-electron chi connectivity index (χ4n) is 1.08. The average Bonchev–Trinajstić information content (AvgIpc) is 2.40. The van der Waals surface area contributed by atoms with E-state index >= 15 is 0 Å². The third-order valence-electron chi connectivity index (χ3n) is 1.55. The lowest BCUT2D eigenvalue weighted by atomic mass is 10.4. The molecule has 0 saturated carbocycles. The van der Waals surface area contributed by atoms with Gasteiger partial charge in [-0.2, -0.15) is 5.10 Å². The Labute approximate surface area is 67.6 Å². The van der Waals surface area contributed by atoms with Gasteiger partial charge in [0, 0.05) is 12.4 Å². The third kappa shape index (κ3) is 2.72. The highest BCUT2D eigenvalue weighted by atomic mass is 15.4. The molecule has 0 aliphatic rings. The summed E-state index contributed by atoms with van der Waals surface area (Å²) >= 11 is 0. The Morgan fingerprint density at radius 1 is 1.55 bits per heavy atom. The molecule has 0 bridgehead atoms. The van der Waals surface area contributed by atoms with Crippen LogP contribution in [-0.4, -0.2) is 28.3 Å². The van der Waals surface area contributed by atoms with Gasteiger partial charge < -0.3 is 0 Å². The highest BCUT2D eigenvalue weighted by Gasteiger charge is 1.95.